The molecule has 0 heterocycles. The van der Waals surface area contributed by atoms with Crippen molar-refractivity contribution in [3.63, 3.8) is 0 Å². The molecule has 0 unspecified atom stereocenters. The minimum absolute atomic E-state index is 0.136. The summed E-state index contributed by atoms with van der Waals surface area (Å²) >= 11 is 0. The first-order valence-electron chi connectivity index (χ1n) is 5.82. The van der Waals surface area contributed by atoms with Crippen LogP contribution in [0, 0.1) is 6.92 Å². The number of nitrogens with two attached hydrogens (primary N) is 2. The van der Waals surface area contributed by atoms with Gasteiger partial charge in [0, 0.05) is 11.7 Å². The van der Waals surface area contributed by atoms with Gasteiger partial charge in [0.1, 0.15) is 0 Å². The average Bonchev–Trinajstić information content (AvgIpc) is 2.24. The van der Waals surface area contributed by atoms with Crippen molar-refractivity contribution < 1.29 is 13.2 Å². The van der Waals surface area contributed by atoms with Crippen molar-refractivity contribution >= 4 is 21.6 Å². The molecule has 0 aliphatic heterocycles. The van der Waals surface area contributed by atoms with Crippen molar-refractivity contribution in [3.05, 3.63) is 23.8 Å². The lowest BCUT2D eigenvalue weighted by atomic mass is 10.2. The predicted octanol–water partition coefficient (Wildman–Crippen LogP) is 0.462. The molecule has 6 nitrogen and oxygen atoms in total. The number of carbonyl (C=O) groups is 1. The van der Waals surface area contributed by atoms with Gasteiger partial charge in [0.25, 0.3) is 0 Å². The van der Waals surface area contributed by atoms with Gasteiger partial charge in [-0.1, -0.05) is 0 Å². The van der Waals surface area contributed by atoms with Gasteiger partial charge in [-0.05, 0) is 44.5 Å². The fraction of sp³-hybridized carbons (Fsp3) is 0.417. The lowest BCUT2D eigenvalue weighted by Gasteiger charge is -2.25. The van der Waals surface area contributed by atoms with E-state index in [-0.39, 0.29) is 17.5 Å². The largest absolute Gasteiger partial charge is 0.399 e. The molecule has 0 radical (unpaired) electrons. The Morgan fingerprint density at radius 2 is 1.95 bits per heavy atom. The topological polar surface area (TPSA) is 106 Å². The first-order chi connectivity index (χ1) is 8.66. The highest BCUT2D eigenvalue weighted by Crippen LogP contribution is 2.23. The molecule has 7 heteroatoms. The molecule has 0 fully saturated rings. The summed E-state index contributed by atoms with van der Waals surface area (Å²) in [6.07, 6.45) is 0. The van der Waals surface area contributed by atoms with Gasteiger partial charge in [0.15, 0.2) is 0 Å². The van der Waals surface area contributed by atoms with E-state index < -0.39 is 15.9 Å². The van der Waals surface area contributed by atoms with Crippen LogP contribution in [0.15, 0.2) is 23.1 Å². The second-order valence-corrected chi connectivity index (χ2v) is 6.49. The summed E-state index contributed by atoms with van der Waals surface area (Å²) in [6, 6.07) is 4.17. The molecule has 0 saturated heterocycles. The summed E-state index contributed by atoms with van der Waals surface area (Å²) in [7, 11) is -3.77. The summed E-state index contributed by atoms with van der Waals surface area (Å²) in [5.74, 6) is -0.689. The quantitative estimate of drug-likeness (QED) is 0.766. The third-order valence-electron chi connectivity index (χ3n) is 2.67. The van der Waals surface area contributed by atoms with Gasteiger partial charge in [-0.3, -0.25) is 4.79 Å². The van der Waals surface area contributed by atoms with E-state index in [9.17, 15) is 13.2 Å². The smallest absolute Gasteiger partial charge is 0.244 e. The highest BCUT2D eigenvalue weighted by molar-refractivity contribution is 7.89. The van der Waals surface area contributed by atoms with E-state index in [1.54, 1.807) is 26.8 Å². The Labute approximate surface area is 113 Å². The van der Waals surface area contributed by atoms with Gasteiger partial charge in [-0.2, -0.15) is 4.31 Å². The SMILES string of the molecule is Cc1cc(N)ccc1S(=O)(=O)N(CC(N)=O)C(C)C. The maximum Gasteiger partial charge on any atom is 0.244 e. The number of primary amides is 1. The lowest BCUT2D eigenvalue weighted by molar-refractivity contribution is -0.118. The van der Waals surface area contributed by atoms with Gasteiger partial charge < -0.3 is 11.5 Å². The van der Waals surface area contributed by atoms with E-state index >= 15 is 0 Å². The number of hydrogen-bond donors (Lipinski definition) is 2. The van der Waals surface area contributed by atoms with Crippen molar-refractivity contribution in [2.45, 2.75) is 31.7 Å². The molecule has 0 saturated carbocycles. The monoisotopic (exact) mass is 285 g/mol. The van der Waals surface area contributed by atoms with E-state index in [1.807, 2.05) is 0 Å². The summed E-state index contributed by atoms with van der Waals surface area (Å²) in [5.41, 5.74) is 11.7. The first kappa shape index (κ1) is 15.5. The second kappa shape index (κ2) is 5.58. The predicted molar refractivity (Wildman–Crippen MR) is 73.8 cm³/mol. The molecule has 1 rings (SSSR count). The Balaban J connectivity index is 3.30. The van der Waals surface area contributed by atoms with Crippen LogP contribution in [0.2, 0.25) is 0 Å². The maximum atomic E-state index is 12.5. The van der Waals surface area contributed by atoms with Gasteiger partial charge in [0.2, 0.25) is 15.9 Å². The molecular formula is C12H19N3O3S. The number of nitrogen functional groups attached to an aromatic ring is 1. The van der Waals surface area contributed by atoms with Crippen LogP contribution in [0.1, 0.15) is 19.4 Å². The van der Waals surface area contributed by atoms with E-state index in [1.165, 1.54) is 12.1 Å². The molecule has 106 valence electrons. The fourth-order valence-electron chi connectivity index (χ4n) is 1.79. The van der Waals surface area contributed by atoms with Crippen LogP contribution in [0.25, 0.3) is 0 Å². The summed E-state index contributed by atoms with van der Waals surface area (Å²) in [5, 5.41) is 0. The van der Waals surface area contributed by atoms with E-state index in [0.29, 0.717) is 11.3 Å². The zero-order chi connectivity index (χ0) is 14.8. The van der Waals surface area contributed by atoms with Crippen LogP contribution < -0.4 is 11.5 Å². The Morgan fingerprint density at radius 1 is 1.37 bits per heavy atom. The normalized spacial score (nSPS) is 12.1. The zero-order valence-electron chi connectivity index (χ0n) is 11.3. The Bertz CT molecular complexity index is 582. The Kier molecular flexibility index (Phi) is 4.54. The van der Waals surface area contributed by atoms with Gasteiger partial charge >= 0.3 is 0 Å². The van der Waals surface area contributed by atoms with E-state index in [0.717, 1.165) is 4.31 Å². The summed E-state index contributed by atoms with van der Waals surface area (Å²) in [6.45, 7) is 4.69. The molecule has 4 N–H and O–H groups in total. The number of sulfonamides is 1. The zero-order valence-corrected chi connectivity index (χ0v) is 12.1. The van der Waals surface area contributed by atoms with E-state index in [2.05, 4.69) is 0 Å². The molecule has 0 aliphatic rings. The van der Waals surface area contributed by atoms with E-state index in [4.69, 9.17) is 11.5 Å². The number of rotatable bonds is 5. The molecule has 0 spiro atoms. The number of aryl methyl sites for hydroxylation is 1. The number of hydrogen-bond acceptors (Lipinski definition) is 4. The van der Waals surface area contributed by atoms with Crippen LogP contribution in [-0.2, 0) is 14.8 Å². The van der Waals surface area contributed by atoms with Gasteiger partial charge in [-0.15, -0.1) is 0 Å². The Morgan fingerprint density at radius 3 is 2.37 bits per heavy atom. The number of carbonyl (C=O) groups excluding carboxylic acids is 1. The maximum absolute atomic E-state index is 12.5. The second-order valence-electron chi connectivity index (χ2n) is 4.64. The van der Waals surface area contributed by atoms with Crippen molar-refractivity contribution in [1.29, 1.82) is 0 Å². The number of amides is 1. The Hall–Kier alpha value is -1.60. The number of anilines is 1. The number of benzene rings is 1. The van der Waals surface area contributed by atoms with Crippen LogP contribution in [0.3, 0.4) is 0 Å². The third-order valence-corrected chi connectivity index (χ3v) is 4.86. The van der Waals surface area contributed by atoms with Crippen molar-refractivity contribution in [2.24, 2.45) is 5.73 Å². The molecule has 1 aromatic carbocycles. The molecule has 1 amide bonds. The third kappa shape index (κ3) is 3.45. The fourth-order valence-corrected chi connectivity index (χ4v) is 3.60. The molecule has 0 atom stereocenters. The van der Waals surface area contributed by atoms with Crippen LogP contribution in [-0.4, -0.2) is 31.2 Å². The standard InChI is InChI=1S/C12H19N3O3S/c1-8(2)15(7-12(14)16)19(17,18)11-5-4-10(13)6-9(11)3/h4-6,8H,7,13H2,1-3H3,(H2,14,16). The number of nitrogens with zero attached hydrogens (tertiary/aromatic N) is 1. The molecule has 0 bridgehead atoms. The van der Waals surface area contributed by atoms with Gasteiger partial charge in [0.05, 0.1) is 11.4 Å². The average molecular weight is 285 g/mol. The molecule has 1 aromatic rings. The molecular weight excluding hydrogens is 266 g/mol. The summed E-state index contributed by atoms with van der Waals surface area (Å²) in [4.78, 5) is 11.2. The summed E-state index contributed by atoms with van der Waals surface area (Å²) < 4.78 is 26.1. The highest BCUT2D eigenvalue weighted by atomic mass is 32.2. The minimum atomic E-state index is -3.77. The van der Waals surface area contributed by atoms with Crippen LogP contribution >= 0.6 is 0 Å². The van der Waals surface area contributed by atoms with Crippen molar-refractivity contribution in [2.75, 3.05) is 12.3 Å². The molecule has 0 aliphatic carbocycles. The van der Waals surface area contributed by atoms with Crippen LogP contribution in [0.4, 0.5) is 5.69 Å². The van der Waals surface area contributed by atoms with Crippen molar-refractivity contribution in [1.82, 2.24) is 4.31 Å². The van der Waals surface area contributed by atoms with Crippen molar-refractivity contribution in [3.8, 4) is 0 Å². The first-order valence-corrected chi connectivity index (χ1v) is 7.26. The molecule has 0 aromatic heterocycles. The molecule has 19 heavy (non-hydrogen) atoms. The van der Waals surface area contributed by atoms with Gasteiger partial charge in [-0.25, -0.2) is 8.42 Å². The highest BCUT2D eigenvalue weighted by Gasteiger charge is 2.29. The minimum Gasteiger partial charge on any atom is -0.399 e. The lowest BCUT2D eigenvalue weighted by Crippen LogP contribution is -2.42. The van der Waals surface area contributed by atoms with Crippen LogP contribution in [0.5, 0.6) is 0 Å².